The van der Waals surface area contributed by atoms with E-state index in [2.05, 4.69) is 31.0 Å². The highest BCUT2D eigenvalue weighted by atomic mass is 16.5. The molecule has 2 unspecified atom stereocenters. The maximum atomic E-state index is 5.58. The van der Waals surface area contributed by atoms with Crippen molar-refractivity contribution in [2.75, 3.05) is 32.8 Å². The number of hydrogen-bond donors (Lipinski definition) is 1. The van der Waals surface area contributed by atoms with Crippen molar-refractivity contribution in [3.63, 3.8) is 0 Å². The number of nitrogens with zero attached hydrogens (tertiary/aromatic N) is 1. The maximum Gasteiger partial charge on any atom is 0.0478 e. The Kier molecular flexibility index (Phi) is 5.05. The standard InChI is InChI=1S/C15H30N2O/c1-4-9-18-10-5-8-17-12-15(3,14-6-7-14)16-11-13(17)2/h13-14,16H,4-12H2,1-3H3. The average Bonchev–Trinajstić information content (AvgIpc) is 3.18. The molecular formula is C15H30N2O. The SMILES string of the molecule is CCCOCCCN1CC(C)(C2CC2)NCC1C. The minimum absolute atomic E-state index is 0.372. The van der Waals surface area contributed by atoms with Gasteiger partial charge in [-0.2, -0.15) is 0 Å². The molecule has 0 spiro atoms. The molecule has 0 aromatic rings. The monoisotopic (exact) mass is 254 g/mol. The first-order valence-corrected chi connectivity index (χ1v) is 7.72. The number of rotatable bonds is 7. The van der Waals surface area contributed by atoms with Gasteiger partial charge in [0, 0.05) is 44.4 Å². The highest BCUT2D eigenvalue weighted by molar-refractivity contribution is 5.03. The second-order valence-electron chi connectivity index (χ2n) is 6.36. The molecule has 1 saturated heterocycles. The molecule has 0 amide bonds. The van der Waals surface area contributed by atoms with Gasteiger partial charge in [-0.1, -0.05) is 6.92 Å². The smallest absolute Gasteiger partial charge is 0.0478 e. The molecule has 2 aliphatic rings. The lowest BCUT2D eigenvalue weighted by Gasteiger charge is -2.45. The van der Waals surface area contributed by atoms with Gasteiger partial charge in [0.05, 0.1) is 0 Å². The number of ether oxygens (including phenoxy) is 1. The number of piperazine rings is 1. The van der Waals surface area contributed by atoms with E-state index in [9.17, 15) is 0 Å². The van der Waals surface area contributed by atoms with Crippen LogP contribution in [-0.4, -0.2) is 49.3 Å². The quantitative estimate of drug-likeness (QED) is 0.705. The molecule has 0 aromatic carbocycles. The molecule has 2 atom stereocenters. The second kappa shape index (κ2) is 6.36. The zero-order valence-corrected chi connectivity index (χ0v) is 12.4. The normalized spacial score (nSPS) is 33.8. The Balaban J connectivity index is 1.72. The fourth-order valence-corrected chi connectivity index (χ4v) is 3.05. The molecule has 1 saturated carbocycles. The topological polar surface area (TPSA) is 24.5 Å². The van der Waals surface area contributed by atoms with E-state index in [4.69, 9.17) is 4.74 Å². The lowest BCUT2D eigenvalue weighted by atomic mass is 9.91. The molecule has 2 fully saturated rings. The number of hydrogen-bond acceptors (Lipinski definition) is 3. The van der Waals surface area contributed by atoms with E-state index in [0.29, 0.717) is 11.6 Å². The summed E-state index contributed by atoms with van der Waals surface area (Å²) in [5.74, 6) is 0.920. The summed E-state index contributed by atoms with van der Waals surface area (Å²) in [4.78, 5) is 2.66. The largest absolute Gasteiger partial charge is 0.381 e. The highest BCUT2D eigenvalue weighted by Gasteiger charge is 2.44. The summed E-state index contributed by atoms with van der Waals surface area (Å²) in [5, 5.41) is 3.77. The first-order valence-electron chi connectivity index (χ1n) is 7.72. The Labute approximate surface area is 112 Å². The van der Waals surface area contributed by atoms with E-state index in [0.717, 1.165) is 32.1 Å². The van der Waals surface area contributed by atoms with Crippen LogP contribution in [0.15, 0.2) is 0 Å². The van der Waals surface area contributed by atoms with Crippen LogP contribution in [-0.2, 0) is 4.74 Å². The third-order valence-corrected chi connectivity index (χ3v) is 4.52. The van der Waals surface area contributed by atoms with Crippen molar-refractivity contribution in [3.05, 3.63) is 0 Å². The van der Waals surface area contributed by atoms with E-state index >= 15 is 0 Å². The zero-order valence-electron chi connectivity index (χ0n) is 12.4. The van der Waals surface area contributed by atoms with Crippen molar-refractivity contribution in [1.29, 1.82) is 0 Å². The van der Waals surface area contributed by atoms with E-state index < -0.39 is 0 Å². The fourth-order valence-electron chi connectivity index (χ4n) is 3.05. The summed E-state index contributed by atoms with van der Waals surface area (Å²) in [7, 11) is 0. The van der Waals surface area contributed by atoms with Crippen LogP contribution < -0.4 is 5.32 Å². The van der Waals surface area contributed by atoms with Crippen molar-refractivity contribution in [2.24, 2.45) is 5.92 Å². The first-order chi connectivity index (χ1) is 8.65. The summed E-state index contributed by atoms with van der Waals surface area (Å²) in [6, 6.07) is 0.669. The van der Waals surface area contributed by atoms with Crippen molar-refractivity contribution in [2.45, 2.75) is 58.0 Å². The van der Waals surface area contributed by atoms with Gasteiger partial charge < -0.3 is 10.1 Å². The zero-order chi connectivity index (χ0) is 13.0. The molecule has 1 aliphatic carbocycles. The van der Waals surface area contributed by atoms with E-state index in [1.807, 2.05) is 0 Å². The Hall–Kier alpha value is -0.120. The molecule has 0 bridgehead atoms. The van der Waals surface area contributed by atoms with Crippen molar-refractivity contribution in [3.8, 4) is 0 Å². The van der Waals surface area contributed by atoms with Gasteiger partial charge in [0.25, 0.3) is 0 Å². The molecule has 18 heavy (non-hydrogen) atoms. The van der Waals surface area contributed by atoms with Crippen molar-refractivity contribution in [1.82, 2.24) is 10.2 Å². The van der Waals surface area contributed by atoms with E-state index in [-0.39, 0.29) is 0 Å². The van der Waals surface area contributed by atoms with Gasteiger partial charge in [-0.05, 0) is 45.4 Å². The van der Waals surface area contributed by atoms with Crippen molar-refractivity contribution < 1.29 is 4.74 Å². The summed E-state index contributed by atoms with van der Waals surface area (Å²) < 4.78 is 5.58. The van der Waals surface area contributed by atoms with Gasteiger partial charge in [0.15, 0.2) is 0 Å². The van der Waals surface area contributed by atoms with Crippen LogP contribution >= 0.6 is 0 Å². The Morgan fingerprint density at radius 3 is 2.78 bits per heavy atom. The molecule has 0 radical (unpaired) electrons. The van der Waals surface area contributed by atoms with Crippen LogP contribution in [0.25, 0.3) is 0 Å². The fraction of sp³-hybridized carbons (Fsp3) is 1.00. The van der Waals surface area contributed by atoms with Crippen LogP contribution in [0.4, 0.5) is 0 Å². The summed E-state index contributed by atoms with van der Waals surface area (Å²) in [6.07, 6.45) is 5.14. The van der Waals surface area contributed by atoms with Crippen LogP contribution in [0.5, 0.6) is 0 Å². The highest BCUT2D eigenvalue weighted by Crippen LogP contribution is 2.41. The summed E-state index contributed by atoms with van der Waals surface area (Å²) in [5.41, 5.74) is 0.372. The summed E-state index contributed by atoms with van der Waals surface area (Å²) in [6.45, 7) is 12.3. The van der Waals surface area contributed by atoms with Gasteiger partial charge in [-0.25, -0.2) is 0 Å². The number of nitrogens with one attached hydrogen (secondary N) is 1. The predicted molar refractivity (Wildman–Crippen MR) is 75.9 cm³/mol. The lowest BCUT2D eigenvalue weighted by molar-refractivity contribution is 0.0662. The van der Waals surface area contributed by atoms with Crippen LogP contribution in [0.2, 0.25) is 0 Å². The third-order valence-electron chi connectivity index (χ3n) is 4.52. The molecule has 0 aromatic heterocycles. The third kappa shape index (κ3) is 3.69. The van der Waals surface area contributed by atoms with Gasteiger partial charge >= 0.3 is 0 Å². The molecule has 3 nitrogen and oxygen atoms in total. The van der Waals surface area contributed by atoms with Crippen LogP contribution in [0, 0.1) is 5.92 Å². The van der Waals surface area contributed by atoms with Gasteiger partial charge in [0.1, 0.15) is 0 Å². The molecule has 1 N–H and O–H groups in total. The molecule has 3 heteroatoms. The first kappa shape index (κ1) is 14.3. The molecule has 1 heterocycles. The predicted octanol–water partition coefficient (Wildman–Crippen LogP) is 2.27. The Morgan fingerprint density at radius 1 is 1.33 bits per heavy atom. The van der Waals surface area contributed by atoms with E-state index in [1.54, 1.807) is 0 Å². The molecule has 2 rings (SSSR count). The van der Waals surface area contributed by atoms with Gasteiger partial charge in [-0.15, -0.1) is 0 Å². The Morgan fingerprint density at radius 2 is 2.11 bits per heavy atom. The van der Waals surface area contributed by atoms with Gasteiger partial charge in [0.2, 0.25) is 0 Å². The minimum Gasteiger partial charge on any atom is -0.381 e. The average molecular weight is 254 g/mol. The van der Waals surface area contributed by atoms with E-state index in [1.165, 1.54) is 32.4 Å². The molecule has 1 aliphatic heterocycles. The van der Waals surface area contributed by atoms with Gasteiger partial charge in [-0.3, -0.25) is 4.90 Å². The van der Waals surface area contributed by atoms with Crippen molar-refractivity contribution >= 4 is 0 Å². The lowest BCUT2D eigenvalue weighted by Crippen LogP contribution is -2.63. The molecule has 106 valence electrons. The minimum atomic E-state index is 0.372. The summed E-state index contributed by atoms with van der Waals surface area (Å²) >= 11 is 0. The Bertz CT molecular complexity index is 255. The molecular weight excluding hydrogens is 224 g/mol. The maximum absolute atomic E-state index is 5.58. The van der Waals surface area contributed by atoms with Crippen LogP contribution in [0.1, 0.15) is 46.5 Å². The second-order valence-corrected chi connectivity index (χ2v) is 6.36. The van der Waals surface area contributed by atoms with Crippen LogP contribution in [0.3, 0.4) is 0 Å².